The molecule has 4 nitrogen and oxygen atoms in total. The Morgan fingerprint density at radius 2 is 1.15 bits per heavy atom. The smallest absolute Gasteiger partial charge is 0.166 e. The predicted molar refractivity (Wildman–Crippen MR) is 265 cm³/mol. The standard InChI is InChI=1S/C61H44N2O2/c1-5-18-41(19-6-1)42-20-17-27-46(38-42)62(47-32-35-55-51(39-47)49-28-14-16-31-54(49)63(55)45-25-11-4-12-26-45)48-33-36-56-58(40-48)64-57-37-34-53-59(60(57)65-56)50-29-13-15-30-52(50)61(53,43-21-7-2-8-22-43)44-23-9-3-10-24-44/h1-40,50,52,56,58H. The Balaban J connectivity index is 0.941. The van der Waals surface area contributed by atoms with Crippen molar-refractivity contribution in [2.24, 2.45) is 5.92 Å². The lowest BCUT2D eigenvalue weighted by Gasteiger charge is -2.39. The summed E-state index contributed by atoms with van der Waals surface area (Å²) >= 11 is 0. The van der Waals surface area contributed by atoms with Gasteiger partial charge in [-0.25, -0.2) is 0 Å². The van der Waals surface area contributed by atoms with Gasteiger partial charge in [-0.05, 0) is 101 Å². The molecule has 0 amide bonds. The van der Waals surface area contributed by atoms with Crippen LogP contribution in [0.25, 0.3) is 38.6 Å². The lowest BCUT2D eigenvalue weighted by molar-refractivity contribution is 0.0736. The molecule has 9 aromatic rings. The molecule has 8 aromatic carbocycles. The zero-order chi connectivity index (χ0) is 42.9. The summed E-state index contributed by atoms with van der Waals surface area (Å²) in [4.78, 5) is 2.37. The Kier molecular flexibility index (Phi) is 8.67. The van der Waals surface area contributed by atoms with Crippen LogP contribution in [0.5, 0.6) is 11.5 Å². The number of hydrogen-bond donors (Lipinski definition) is 0. The average Bonchev–Trinajstić information content (AvgIpc) is 3.88. The third-order valence-corrected chi connectivity index (χ3v) is 14.0. The van der Waals surface area contributed by atoms with Crippen molar-refractivity contribution in [3.63, 3.8) is 0 Å². The van der Waals surface area contributed by atoms with Gasteiger partial charge in [0.05, 0.1) is 16.4 Å². The van der Waals surface area contributed by atoms with Crippen LogP contribution in [0.4, 0.5) is 11.4 Å². The van der Waals surface area contributed by atoms with E-state index in [1.165, 1.54) is 44.1 Å². The van der Waals surface area contributed by atoms with Crippen molar-refractivity contribution < 1.29 is 9.47 Å². The van der Waals surface area contributed by atoms with Crippen LogP contribution in [0.15, 0.2) is 248 Å². The minimum absolute atomic E-state index is 0.110. The average molecular weight is 837 g/mol. The normalized spacial score (nSPS) is 19.7. The predicted octanol–water partition coefficient (Wildman–Crippen LogP) is 14.4. The van der Waals surface area contributed by atoms with Gasteiger partial charge in [0.25, 0.3) is 0 Å². The van der Waals surface area contributed by atoms with E-state index in [1.807, 2.05) is 0 Å². The van der Waals surface area contributed by atoms with Gasteiger partial charge in [0.15, 0.2) is 23.7 Å². The first-order chi connectivity index (χ1) is 32.2. The van der Waals surface area contributed by atoms with Crippen molar-refractivity contribution in [1.29, 1.82) is 0 Å². The molecule has 0 radical (unpaired) electrons. The highest BCUT2D eigenvalue weighted by Crippen LogP contribution is 2.63. The van der Waals surface area contributed by atoms with Crippen LogP contribution in [-0.4, -0.2) is 16.8 Å². The molecule has 1 aromatic heterocycles. The molecule has 4 heteroatoms. The van der Waals surface area contributed by atoms with E-state index in [-0.39, 0.29) is 24.0 Å². The maximum Gasteiger partial charge on any atom is 0.166 e. The fraction of sp³-hybridized carbons (Fsp3) is 0.0820. The highest BCUT2D eigenvalue weighted by Gasteiger charge is 2.55. The van der Waals surface area contributed by atoms with Crippen LogP contribution < -0.4 is 14.4 Å². The summed E-state index contributed by atoms with van der Waals surface area (Å²) in [5, 5.41) is 2.40. The molecule has 310 valence electrons. The molecule has 0 spiro atoms. The van der Waals surface area contributed by atoms with E-state index < -0.39 is 5.41 Å². The Morgan fingerprint density at radius 3 is 1.94 bits per heavy atom. The number of nitrogens with zero attached hydrogens (tertiary/aromatic N) is 2. The summed E-state index contributed by atoms with van der Waals surface area (Å²) in [6.07, 6.45) is 15.2. The zero-order valence-corrected chi connectivity index (χ0v) is 35.6. The van der Waals surface area contributed by atoms with E-state index in [1.54, 1.807) is 0 Å². The molecule has 2 heterocycles. The fourth-order valence-corrected chi connectivity index (χ4v) is 11.3. The maximum atomic E-state index is 7.22. The summed E-state index contributed by atoms with van der Waals surface area (Å²) in [5.41, 5.74) is 13.6. The Morgan fingerprint density at radius 1 is 0.492 bits per heavy atom. The monoisotopic (exact) mass is 836 g/mol. The van der Waals surface area contributed by atoms with E-state index in [0.29, 0.717) is 0 Å². The number of aromatic nitrogens is 1. The van der Waals surface area contributed by atoms with Crippen LogP contribution >= 0.6 is 0 Å². The second-order valence-corrected chi connectivity index (χ2v) is 17.5. The summed E-state index contributed by atoms with van der Waals surface area (Å²) in [6, 6.07) is 72.1. The first-order valence-corrected chi connectivity index (χ1v) is 22.6. The third-order valence-electron chi connectivity index (χ3n) is 14.0. The van der Waals surface area contributed by atoms with Gasteiger partial charge in [0.2, 0.25) is 0 Å². The number of benzene rings is 8. The zero-order valence-electron chi connectivity index (χ0n) is 35.6. The molecule has 4 aliphatic rings. The SMILES string of the molecule is C1=CC2c3c(ccc4c3OC3C=CC(N(c5cccc(-c6ccccc6)c5)c5ccc6c(c5)c5ccccc5n6-c5ccccc5)=CC3O4)C(c3ccccc3)(c3ccccc3)C2C=C1. The minimum atomic E-state index is -0.405. The first-order valence-electron chi connectivity index (χ1n) is 22.6. The molecule has 65 heavy (non-hydrogen) atoms. The Hall–Kier alpha value is -8.08. The van der Waals surface area contributed by atoms with E-state index >= 15 is 0 Å². The van der Waals surface area contributed by atoms with Gasteiger partial charge < -0.3 is 18.9 Å². The van der Waals surface area contributed by atoms with E-state index in [4.69, 9.17) is 9.47 Å². The largest absolute Gasteiger partial charge is 0.478 e. The summed E-state index contributed by atoms with van der Waals surface area (Å²) in [7, 11) is 0. The van der Waals surface area contributed by atoms with Crippen LogP contribution in [0, 0.1) is 5.92 Å². The molecule has 0 saturated carbocycles. The van der Waals surface area contributed by atoms with E-state index in [2.05, 4.69) is 252 Å². The van der Waals surface area contributed by atoms with Crippen LogP contribution in [-0.2, 0) is 5.41 Å². The van der Waals surface area contributed by atoms with Crippen molar-refractivity contribution in [2.75, 3.05) is 4.90 Å². The molecule has 1 aliphatic heterocycles. The number of hydrogen-bond acceptors (Lipinski definition) is 3. The molecular weight excluding hydrogens is 793 g/mol. The summed E-state index contributed by atoms with van der Waals surface area (Å²) in [5.74, 6) is 1.90. The quantitative estimate of drug-likeness (QED) is 0.160. The number of rotatable bonds is 7. The minimum Gasteiger partial charge on any atom is -0.478 e. The van der Waals surface area contributed by atoms with Gasteiger partial charge in [-0.2, -0.15) is 0 Å². The van der Waals surface area contributed by atoms with Gasteiger partial charge in [-0.1, -0.05) is 170 Å². The van der Waals surface area contributed by atoms with Gasteiger partial charge in [-0.15, -0.1) is 0 Å². The van der Waals surface area contributed by atoms with Crippen molar-refractivity contribution in [3.05, 3.63) is 271 Å². The van der Waals surface area contributed by atoms with E-state index in [0.717, 1.165) is 45.3 Å². The molecule has 4 unspecified atom stereocenters. The topological polar surface area (TPSA) is 26.6 Å². The Labute approximate surface area is 379 Å². The second-order valence-electron chi connectivity index (χ2n) is 17.5. The third kappa shape index (κ3) is 5.84. The maximum absolute atomic E-state index is 7.22. The molecule has 4 atom stereocenters. The number of ether oxygens (including phenoxy) is 2. The number of fused-ring (bicyclic) bond motifs is 9. The van der Waals surface area contributed by atoms with Crippen molar-refractivity contribution in [1.82, 2.24) is 4.57 Å². The molecule has 0 saturated heterocycles. The second kappa shape index (κ2) is 15.0. The summed E-state index contributed by atoms with van der Waals surface area (Å²) in [6.45, 7) is 0. The van der Waals surface area contributed by atoms with Crippen LogP contribution in [0.2, 0.25) is 0 Å². The van der Waals surface area contributed by atoms with Crippen molar-refractivity contribution in [2.45, 2.75) is 23.5 Å². The van der Waals surface area contributed by atoms with Crippen molar-refractivity contribution >= 4 is 33.2 Å². The molecule has 0 N–H and O–H groups in total. The lowest BCUT2D eigenvalue weighted by atomic mass is 9.63. The van der Waals surface area contributed by atoms with Crippen LogP contribution in [0.3, 0.4) is 0 Å². The highest BCUT2D eigenvalue weighted by molar-refractivity contribution is 6.10. The molecular formula is C61H44N2O2. The first kappa shape index (κ1) is 37.5. The van der Waals surface area contributed by atoms with Gasteiger partial charge >= 0.3 is 0 Å². The summed E-state index contributed by atoms with van der Waals surface area (Å²) < 4.78 is 16.7. The highest BCUT2D eigenvalue weighted by atomic mass is 16.6. The van der Waals surface area contributed by atoms with Gasteiger partial charge in [0, 0.05) is 50.9 Å². The number of para-hydroxylation sites is 2. The Bertz CT molecular complexity index is 3360. The fourth-order valence-electron chi connectivity index (χ4n) is 11.3. The molecule has 13 rings (SSSR count). The molecule has 3 aliphatic carbocycles. The molecule has 0 fully saturated rings. The van der Waals surface area contributed by atoms with Gasteiger partial charge in [0.1, 0.15) is 0 Å². The lowest BCUT2D eigenvalue weighted by Crippen LogP contribution is -2.40. The molecule has 0 bridgehead atoms. The van der Waals surface area contributed by atoms with Crippen LogP contribution in [0.1, 0.15) is 28.2 Å². The van der Waals surface area contributed by atoms with E-state index in [9.17, 15) is 0 Å². The number of allylic oxidation sites excluding steroid dienone is 5. The van der Waals surface area contributed by atoms with Gasteiger partial charge in [-0.3, -0.25) is 0 Å². The van der Waals surface area contributed by atoms with Crippen molar-refractivity contribution in [3.8, 4) is 28.3 Å². The number of anilines is 2.